The third-order valence-corrected chi connectivity index (χ3v) is 4.53. The highest BCUT2D eigenvalue weighted by Gasteiger charge is 2.17. The second-order valence-electron chi connectivity index (χ2n) is 2.56. The third-order valence-electron chi connectivity index (χ3n) is 1.40. The summed E-state index contributed by atoms with van der Waals surface area (Å²) >= 11 is 0.824. The standard InChI is InChI=1S/C8H12NO3PS/c10-6-7-14-13(11,12)9-8-4-2-1-3-5-8/h1-5,10H,6-7H2,(H2,9,11,12). The number of anilines is 1. The van der Waals surface area contributed by atoms with Crippen molar-refractivity contribution >= 4 is 23.8 Å². The number of aliphatic hydroxyl groups is 1. The number of benzene rings is 1. The van der Waals surface area contributed by atoms with E-state index in [0.29, 0.717) is 5.69 Å². The lowest BCUT2D eigenvalue weighted by Gasteiger charge is -2.12. The van der Waals surface area contributed by atoms with Crippen molar-refractivity contribution in [1.29, 1.82) is 0 Å². The molecule has 3 N–H and O–H groups in total. The summed E-state index contributed by atoms with van der Waals surface area (Å²) in [4.78, 5) is 9.40. The summed E-state index contributed by atoms with van der Waals surface area (Å²) in [5.41, 5.74) is 0.601. The van der Waals surface area contributed by atoms with Crippen LogP contribution < -0.4 is 5.09 Å². The van der Waals surface area contributed by atoms with Gasteiger partial charge < -0.3 is 15.1 Å². The molecule has 1 atom stereocenters. The van der Waals surface area contributed by atoms with E-state index in [-0.39, 0.29) is 12.4 Å². The molecule has 0 aliphatic rings. The van der Waals surface area contributed by atoms with Crippen LogP contribution in [-0.4, -0.2) is 22.4 Å². The number of rotatable bonds is 5. The minimum Gasteiger partial charge on any atom is -0.396 e. The molecule has 1 unspecified atom stereocenters. The van der Waals surface area contributed by atoms with Crippen LogP contribution in [0.2, 0.25) is 0 Å². The summed E-state index contributed by atoms with van der Waals surface area (Å²) in [5, 5.41) is 11.0. The van der Waals surface area contributed by atoms with Gasteiger partial charge in [-0.3, -0.25) is 4.57 Å². The fourth-order valence-corrected chi connectivity index (χ4v) is 3.24. The summed E-state index contributed by atoms with van der Waals surface area (Å²) in [7, 11) is 0. The predicted octanol–water partition coefficient (Wildman–Crippen LogP) is 1.92. The Morgan fingerprint density at radius 2 is 2.00 bits per heavy atom. The molecule has 0 bridgehead atoms. The molecule has 0 heterocycles. The first-order valence-electron chi connectivity index (χ1n) is 4.05. The van der Waals surface area contributed by atoms with Gasteiger partial charge in [-0.1, -0.05) is 18.2 Å². The van der Waals surface area contributed by atoms with Gasteiger partial charge in [-0.05, 0) is 23.5 Å². The maximum absolute atomic E-state index is 11.4. The fraction of sp³-hybridized carbons (Fsp3) is 0.250. The summed E-state index contributed by atoms with van der Waals surface area (Å²) in [6.07, 6.45) is 0. The maximum atomic E-state index is 11.4. The Balaban J connectivity index is 2.55. The van der Waals surface area contributed by atoms with E-state index in [2.05, 4.69) is 5.09 Å². The molecule has 78 valence electrons. The highest BCUT2D eigenvalue weighted by Crippen LogP contribution is 2.53. The Morgan fingerprint density at radius 1 is 1.36 bits per heavy atom. The van der Waals surface area contributed by atoms with Gasteiger partial charge in [0, 0.05) is 11.4 Å². The SMILES string of the molecule is O=P(O)(Nc1ccccc1)SCCO. The van der Waals surface area contributed by atoms with Crippen LogP contribution in [0.25, 0.3) is 0 Å². The first-order chi connectivity index (χ1) is 6.64. The lowest BCUT2D eigenvalue weighted by Crippen LogP contribution is -1.95. The number of nitrogens with one attached hydrogen (secondary N) is 1. The van der Waals surface area contributed by atoms with E-state index in [0.717, 1.165) is 11.4 Å². The van der Waals surface area contributed by atoms with E-state index >= 15 is 0 Å². The van der Waals surface area contributed by atoms with Gasteiger partial charge in [0.25, 0.3) is 0 Å². The molecule has 0 saturated heterocycles. The van der Waals surface area contributed by atoms with Crippen LogP contribution in [0.3, 0.4) is 0 Å². The monoisotopic (exact) mass is 233 g/mol. The Morgan fingerprint density at radius 3 is 2.57 bits per heavy atom. The minimum absolute atomic E-state index is 0.105. The molecule has 0 amide bonds. The average molecular weight is 233 g/mol. The molecule has 4 nitrogen and oxygen atoms in total. The molecule has 1 rings (SSSR count). The van der Waals surface area contributed by atoms with E-state index in [4.69, 9.17) is 5.11 Å². The number of para-hydroxylation sites is 1. The summed E-state index contributed by atoms with van der Waals surface area (Å²) < 4.78 is 11.4. The molecule has 0 aliphatic heterocycles. The maximum Gasteiger partial charge on any atom is 0.348 e. The Labute approximate surface area is 86.6 Å². The van der Waals surface area contributed by atoms with Gasteiger partial charge in [0.15, 0.2) is 0 Å². The molecule has 0 radical (unpaired) electrons. The van der Waals surface area contributed by atoms with Gasteiger partial charge in [-0.15, -0.1) is 0 Å². The fourth-order valence-electron chi connectivity index (χ4n) is 0.873. The van der Waals surface area contributed by atoms with Crippen molar-refractivity contribution in [2.75, 3.05) is 17.4 Å². The molecule has 6 heteroatoms. The molecule has 0 aliphatic carbocycles. The van der Waals surface area contributed by atoms with Crippen LogP contribution in [0.15, 0.2) is 30.3 Å². The van der Waals surface area contributed by atoms with Gasteiger partial charge in [0.05, 0.1) is 6.61 Å². The van der Waals surface area contributed by atoms with Crippen molar-refractivity contribution in [3.05, 3.63) is 30.3 Å². The van der Waals surface area contributed by atoms with Crippen LogP contribution in [-0.2, 0) is 4.57 Å². The van der Waals surface area contributed by atoms with E-state index in [1.165, 1.54) is 0 Å². The highest BCUT2D eigenvalue weighted by molar-refractivity contribution is 8.56. The number of hydrogen-bond acceptors (Lipinski definition) is 3. The molecule has 14 heavy (non-hydrogen) atoms. The largest absolute Gasteiger partial charge is 0.396 e. The van der Waals surface area contributed by atoms with Crippen LogP contribution >= 0.6 is 18.1 Å². The topological polar surface area (TPSA) is 69.6 Å². The van der Waals surface area contributed by atoms with Crippen LogP contribution in [0.5, 0.6) is 0 Å². The summed E-state index contributed by atoms with van der Waals surface area (Å²) in [6, 6.07) is 8.80. The minimum atomic E-state index is -3.42. The zero-order valence-corrected chi connectivity index (χ0v) is 9.17. The zero-order valence-electron chi connectivity index (χ0n) is 7.46. The van der Waals surface area contributed by atoms with E-state index in [9.17, 15) is 9.46 Å². The Bertz CT molecular complexity index is 320. The molecule has 0 spiro atoms. The number of hydrogen-bond donors (Lipinski definition) is 3. The summed E-state index contributed by atoms with van der Waals surface area (Å²) in [6.45, 7) is -3.53. The molecule has 1 aromatic rings. The van der Waals surface area contributed by atoms with Crippen LogP contribution in [0, 0.1) is 0 Å². The van der Waals surface area contributed by atoms with E-state index in [1.807, 2.05) is 6.07 Å². The molecule has 0 aromatic heterocycles. The zero-order chi connectivity index (χ0) is 10.4. The van der Waals surface area contributed by atoms with Gasteiger partial charge in [-0.25, -0.2) is 0 Å². The lowest BCUT2D eigenvalue weighted by molar-refractivity contribution is 0.322. The highest BCUT2D eigenvalue weighted by atomic mass is 32.7. The van der Waals surface area contributed by atoms with Crippen molar-refractivity contribution in [3.63, 3.8) is 0 Å². The van der Waals surface area contributed by atoms with Gasteiger partial charge >= 0.3 is 6.72 Å². The molecule has 1 aromatic carbocycles. The van der Waals surface area contributed by atoms with Gasteiger partial charge in [0.1, 0.15) is 0 Å². The van der Waals surface area contributed by atoms with Crippen molar-refractivity contribution < 1.29 is 14.6 Å². The van der Waals surface area contributed by atoms with E-state index in [1.54, 1.807) is 24.3 Å². The van der Waals surface area contributed by atoms with Gasteiger partial charge in [0.2, 0.25) is 0 Å². The van der Waals surface area contributed by atoms with E-state index < -0.39 is 6.72 Å². The molecular formula is C8H12NO3PS. The first-order valence-corrected chi connectivity index (χ1v) is 7.30. The Hall–Kier alpha value is -0.480. The van der Waals surface area contributed by atoms with Crippen molar-refractivity contribution in [2.24, 2.45) is 0 Å². The van der Waals surface area contributed by atoms with Crippen molar-refractivity contribution in [1.82, 2.24) is 0 Å². The second-order valence-corrected chi connectivity index (χ2v) is 6.75. The first kappa shape index (κ1) is 11.6. The normalized spacial score (nSPS) is 14.7. The quantitative estimate of drug-likeness (QED) is 0.678. The smallest absolute Gasteiger partial charge is 0.348 e. The van der Waals surface area contributed by atoms with Crippen molar-refractivity contribution in [2.45, 2.75) is 0 Å². The predicted molar refractivity (Wildman–Crippen MR) is 59.4 cm³/mol. The average Bonchev–Trinajstić information content (AvgIpc) is 2.16. The molecular weight excluding hydrogens is 221 g/mol. The van der Waals surface area contributed by atoms with Gasteiger partial charge in [-0.2, -0.15) is 0 Å². The lowest BCUT2D eigenvalue weighted by atomic mass is 10.3. The van der Waals surface area contributed by atoms with Crippen LogP contribution in [0.4, 0.5) is 5.69 Å². The third kappa shape index (κ3) is 4.15. The number of aliphatic hydroxyl groups excluding tert-OH is 1. The summed E-state index contributed by atoms with van der Waals surface area (Å²) in [5.74, 6) is 0.244. The molecule has 0 saturated carbocycles. The van der Waals surface area contributed by atoms with Crippen LogP contribution in [0.1, 0.15) is 0 Å². The second kappa shape index (κ2) is 5.41. The van der Waals surface area contributed by atoms with Crippen molar-refractivity contribution in [3.8, 4) is 0 Å². The Kier molecular flexibility index (Phi) is 4.48. The molecule has 0 fully saturated rings.